The maximum absolute atomic E-state index is 12.4. The molecule has 0 bridgehead atoms. The van der Waals surface area contributed by atoms with Crippen LogP contribution >= 0.6 is 23.6 Å². The molecule has 27 heavy (non-hydrogen) atoms. The Kier molecular flexibility index (Phi) is 4.92. The summed E-state index contributed by atoms with van der Waals surface area (Å²) in [6.45, 7) is 2.46. The Hall–Kier alpha value is -2.32. The van der Waals surface area contributed by atoms with Crippen LogP contribution in [0.25, 0.3) is 0 Å². The molecule has 2 aromatic rings. The van der Waals surface area contributed by atoms with Crippen molar-refractivity contribution in [3.63, 3.8) is 0 Å². The quantitative estimate of drug-likeness (QED) is 0.587. The van der Waals surface area contributed by atoms with Crippen LogP contribution in [0.2, 0.25) is 0 Å². The lowest BCUT2D eigenvalue weighted by Crippen LogP contribution is -2.20. The minimum atomic E-state index is -0.324. The lowest BCUT2D eigenvalue weighted by Gasteiger charge is -2.18. The lowest BCUT2D eigenvalue weighted by atomic mass is 9.88. The predicted octanol–water partition coefficient (Wildman–Crippen LogP) is 4.20. The van der Waals surface area contributed by atoms with Crippen LogP contribution in [-0.2, 0) is 17.6 Å². The summed E-state index contributed by atoms with van der Waals surface area (Å²) in [4.78, 5) is 13.6. The van der Waals surface area contributed by atoms with E-state index in [1.165, 1.54) is 12.0 Å². The standard InChI is InChI=1S/C19H20N2O4S2/c1-10-3-5-12-15(7-10)27-17(16(12)18(22)23-2)21-19(26)20-11-4-6-13-14(8-11)25-9-24-13/h4,6,8,10H,3,5,7,9H2,1-2H3,(H2,20,21,26). The zero-order valence-electron chi connectivity index (χ0n) is 15.1. The Morgan fingerprint density at radius 1 is 1.30 bits per heavy atom. The molecule has 2 aliphatic rings. The number of carbonyl (C=O) groups excluding carboxylic acids is 1. The number of thiophene rings is 1. The molecule has 2 N–H and O–H groups in total. The van der Waals surface area contributed by atoms with Crippen LogP contribution in [0.15, 0.2) is 18.2 Å². The molecule has 1 aromatic carbocycles. The fourth-order valence-electron chi connectivity index (χ4n) is 3.40. The number of fused-ring (bicyclic) bond motifs is 2. The molecule has 0 saturated heterocycles. The first kappa shape index (κ1) is 18.1. The molecule has 1 aliphatic carbocycles. The fraction of sp³-hybridized carbons (Fsp3) is 0.368. The van der Waals surface area contributed by atoms with E-state index in [-0.39, 0.29) is 12.8 Å². The summed E-state index contributed by atoms with van der Waals surface area (Å²) in [5, 5.41) is 7.46. The van der Waals surface area contributed by atoms with Crippen LogP contribution in [0, 0.1) is 5.92 Å². The largest absolute Gasteiger partial charge is 0.465 e. The van der Waals surface area contributed by atoms with E-state index in [9.17, 15) is 4.79 Å². The summed E-state index contributed by atoms with van der Waals surface area (Å²) in [7, 11) is 1.41. The summed E-state index contributed by atoms with van der Waals surface area (Å²) in [6, 6.07) is 5.53. The van der Waals surface area contributed by atoms with Crippen molar-refractivity contribution in [3.8, 4) is 11.5 Å². The number of hydrogen-bond acceptors (Lipinski definition) is 6. The Bertz CT molecular complexity index is 909. The van der Waals surface area contributed by atoms with Gasteiger partial charge in [-0.1, -0.05) is 6.92 Å². The van der Waals surface area contributed by atoms with E-state index in [1.54, 1.807) is 11.3 Å². The van der Waals surface area contributed by atoms with E-state index in [2.05, 4.69) is 17.6 Å². The summed E-state index contributed by atoms with van der Waals surface area (Å²) in [5.74, 6) is 1.69. The number of ether oxygens (including phenoxy) is 3. The molecule has 142 valence electrons. The maximum atomic E-state index is 12.4. The zero-order valence-corrected chi connectivity index (χ0v) is 16.7. The average Bonchev–Trinajstić information content (AvgIpc) is 3.24. The minimum absolute atomic E-state index is 0.225. The maximum Gasteiger partial charge on any atom is 0.341 e. The van der Waals surface area contributed by atoms with E-state index < -0.39 is 0 Å². The zero-order chi connectivity index (χ0) is 19.0. The van der Waals surface area contributed by atoms with Gasteiger partial charge in [-0.05, 0) is 55.1 Å². The van der Waals surface area contributed by atoms with Crippen molar-refractivity contribution < 1.29 is 19.0 Å². The summed E-state index contributed by atoms with van der Waals surface area (Å²) in [5.41, 5.74) is 2.49. The third-order valence-corrected chi connectivity index (χ3v) is 6.13. The average molecular weight is 405 g/mol. The normalized spacial score (nSPS) is 17.2. The predicted molar refractivity (Wildman–Crippen MR) is 109 cm³/mol. The molecule has 1 aliphatic heterocycles. The third-order valence-electron chi connectivity index (χ3n) is 4.76. The molecule has 2 heterocycles. The van der Waals surface area contributed by atoms with Crippen LogP contribution in [0.1, 0.15) is 34.1 Å². The van der Waals surface area contributed by atoms with Crippen LogP contribution in [0.5, 0.6) is 11.5 Å². The number of hydrogen-bond donors (Lipinski definition) is 2. The second kappa shape index (κ2) is 7.36. The second-order valence-corrected chi connectivity index (χ2v) is 8.21. The first-order chi connectivity index (χ1) is 13.0. The van der Waals surface area contributed by atoms with Crippen LogP contribution in [0.4, 0.5) is 10.7 Å². The molecule has 0 radical (unpaired) electrons. The number of benzene rings is 1. The van der Waals surface area contributed by atoms with E-state index in [0.29, 0.717) is 28.1 Å². The molecule has 8 heteroatoms. The lowest BCUT2D eigenvalue weighted by molar-refractivity contribution is 0.0601. The van der Waals surface area contributed by atoms with Gasteiger partial charge >= 0.3 is 5.97 Å². The van der Waals surface area contributed by atoms with Gasteiger partial charge in [-0.25, -0.2) is 4.79 Å². The molecule has 0 saturated carbocycles. The van der Waals surface area contributed by atoms with E-state index >= 15 is 0 Å². The number of thiocarbonyl (C=S) groups is 1. The van der Waals surface area contributed by atoms with Gasteiger partial charge in [-0.2, -0.15) is 0 Å². The van der Waals surface area contributed by atoms with E-state index in [1.807, 2.05) is 18.2 Å². The van der Waals surface area contributed by atoms with Gasteiger partial charge < -0.3 is 24.8 Å². The van der Waals surface area contributed by atoms with Crippen LogP contribution in [-0.4, -0.2) is 25.0 Å². The highest BCUT2D eigenvalue weighted by Crippen LogP contribution is 2.40. The minimum Gasteiger partial charge on any atom is -0.465 e. The fourth-order valence-corrected chi connectivity index (χ4v) is 5.08. The molecule has 0 amide bonds. The molecule has 1 unspecified atom stereocenters. The molecule has 0 fully saturated rings. The Morgan fingerprint density at radius 3 is 2.93 bits per heavy atom. The van der Waals surface area contributed by atoms with Crippen molar-refractivity contribution in [2.45, 2.75) is 26.2 Å². The van der Waals surface area contributed by atoms with E-state index in [4.69, 9.17) is 26.4 Å². The Morgan fingerprint density at radius 2 is 2.11 bits per heavy atom. The van der Waals surface area contributed by atoms with Crippen molar-refractivity contribution in [2.75, 3.05) is 24.5 Å². The monoisotopic (exact) mass is 404 g/mol. The Balaban J connectivity index is 1.54. The molecule has 1 aromatic heterocycles. The third kappa shape index (κ3) is 3.59. The molecule has 1 atom stereocenters. The van der Waals surface area contributed by atoms with Gasteiger partial charge in [0.05, 0.1) is 12.7 Å². The number of rotatable bonds is 3. The van der Waals surface area contributed by atoms with Crippen molar-refractivity contribution in [2.24, 2.45) is 5.92 Å². The van der Waals surface area contributed by atoms with Gasteiger partial charge in [-0.3, -0.25) is 0 Å². The highest BCUT2D eigenvalue weighted by atomic mass is 32.1. The SMILES string of the molecule is COC(=O)c1c(NC(=S)Nc2ccc3c(c2)OCO3)sc2c1CCC(C)C2. The highest BCUT2D eigenvalue weighted by Gasteiger charge is 2.28. The summed E-state index contributed by atoms with van der Waals surface area (Å²) in [6.07, 6.45) is 2.95. The van der Waals surface area contributed by atoms with Gasteiger partial charge in [-0.15, -0.1) is 11.3 Å². The molecular formula is C19H20N2O4S2. The first-order valence-electron chi connectivity index (χ1n) is 8.75. The van der Waals surface area contributed by atoms with Gasteiger partial charge in [0.25, 0.3) is 0 Å². The summed E-state index contributed by atoms with van der Waals surface area (Å²) < 4.78 is 15.7. The molecule has 0 spiro atoms. The number of nitrogens with one attached hydrogen (secondary N) is 2. The van der Waals surface area contributed by atoms with Crippen molar-refractivity contribution in [3.05, 3.63) is 34.2 Å². The topological polar surface area (TPSA) is 68.8 Å². The van der Waals surface area contributed by atoms with E-state index in [0.717, 1.165) is 35.5 Å². The van der Waals surface area contributed by atoms with Crippen LogP contribution in [0.3, 0.4) is 0 Å². The second-order valence-electron chi connectivity index (χ2n) is 6.69. The smallest absolute Gasteiger partial charge is 0.341 e. The molecule has 4 rings (SSSR count). The van der Waals surface area contributed by atoms with Gasteiger partial charge in [0, 0.05) is 16.6 Å². The summed E-state index contributed by atoms with van der Waals surface area (Å²) >= 11 is 7.04. The van der Waals surface area contributed by atoms with Gasteiger partial charge in [0.15, 0.2) is 16.6 Å². The number of anilines is 2. The number of carbonyl (C=O) groups is 1. The van der Waals surface area contributed by atoms with Crippen molar-refractivity contribution >= 4 is 45.3 Å². The molecule has 6 nitrogen and oxygen atoms in total. The Labute approximate surface area is 166 Å². The van der Waals surface area contributed by atoms with Crippen molar-refractivity contribution in [1.29, 1.82) is 0 Å². The van der Waals surface area contributed by atoms with Gasteiger partial charge in [0.2, 0.25) is 6.79 Å². The van der Waals surface area contributed by atoms with Gasteiger partial charge in [0.1, 0.15) is 5.00 Å². The van der Waals surface area contributed by atoms with Crippen LogP contribution < -0.4 is 20.1 Å². The highest BCUT2D eigenvalue weighted by molar-refractivity contribution is 7.80. The molecular weight excluding hydrogens is 384 g/mol. The number of esters is 1. The first-order valence-corrected chi connectivity index (χ1v) is 9.98. The number of methoxy groups -OCH3 is 1. The van der Waals surface area contributed by atoms with Crippen molar-refractivity contribution in [1.82, 2.24) is 0 Å².